The Morgan fingerprint density at radius 3 is 2.91 bits per heavy atom. The van der Waals surface area contributed by atoms with Gasteiger partial charge in [0.1, 0.15) is 0 Å². The molecule has 0 saturated carbocycles. The lowest BCUT2D eigenvalue weighted by molar-refractivity contribution is -0.137. The number of benzene rings is 1. The van der Waals surface area contributed by atoms with Gasteiger partial charge in [0.05, 0.1) is 5.52 Å². The second-order valence-corrected chi connectivity index (χ2v) is 6.17. The number of anilines is 1. The van der Waals surface area contributed by atoms with Crippen molar-refractivity contribution < 1.29 is 9.90 Å². The van der Waals surface area contributed by atoms with Crippen molar-refractivity contribution in [2.24, 2.45) is 0 Å². The molecule has 1 aliphatic heterocycles. The van der Waals surface area contributed by atoms with E-state index < -0.39 is 5.97 Å². The SMILES string of the molecule is O=C(O)CCCN1CCC(Nc2ccc3ncccc3c2)CC1. The standard InChI is InChI=1S/C18H23N3O2/c22-18(23)4-2-10-21-11-7-15(8-12-21)20-16-5-6-17-14(13-16)3-1-9-19-17/h1,3,5-6,9,13,15,20H,2,4,7-8,10-12H2,(H,22,23). The summed E-state index contributed by atoms with van der Waals surface area (Å²) in [6, 6.07) is 10.8. The molecule has 0 radical (unpaired) electrons. The number of fused-ring (bicyclic) bond motifs is 1. The maximum absolute atomic E-state index is 10.6. The molecule has 0 atom stereocenters. The van der Waals surface area contributed by atoms with Gasteiger partial charge in [0.2, 0.25) is 0 Å². The highest BCUT2D eigenvalue weighted by atomic mass is 16.4. The summed E-state index contributed by atoms with van der Waals surface area (Å²) >= 11 is 0. The minimum absolute atomic E-state index is 0.267. The van der Waals surface area contributed by atoms with Crippen LogP contribution in [0.15, 0.2) is 36.5 Å². The van der Waals surface area contributed by atoms with Crippen molar-refractivity contribution in [3.05, 3.63) is 36.5 Å². The topological polar surface area (TPSA) is 65.5 Å². The molecule has 23 heavy (non-hydrogen) atoms. The molecule has 122 valence electrons. The van der Waals surface area contributed by atoms with E-state index in [0.717, 1.165) is 55.5 Å². The Morgan fingerprint density at radius 2 is 2.13 bits per heavy atom. The number of piperidine rings is 1. The molecule has 1 saturated heterocycles. The molecule has 1 aromatic heterocycles. The lowest BCUT2D eigenvalue weighted by Crippen LogP contribution is -2.39. The summed E-state index contributed by atoms with van der Waals surface area (Å²) in [4.78, 5) is 17.3. The molecule has 0 unspecified atom stereocenters. The third-order valence-corrected chi connectivity index (χ3v) is 4.43. The average molecular weight is 313 g/mol. The van der Waals surface area contributed by atoms with Crippen molar-refractivity contribution in [2.75, 3.05) is 25.0 Å². The maximum Gasteiger partial charge on any atom is 0.303 e. The first kappa shape index (κ1) is 15.7. The molecule has 3 rings (SSSR count). The van der Waals surface area contributed by atoms with E-state index in [4.69, 9.17) is 5.11 Å². The van der Waals surface area contributed by atoms with Gasteiger partial charge in [0.15, 0.2) is 0 Å². The minimum Gasteiger partial charge on any atom is -0.481 e. The van der Waals surface area contributed by atoms with Crippen LogP contribution in [0.1, 0.15) is 25.7 Å². The Balaban J connectivity index is 1.49. The number of aromatic nitrogens is 1. The molecule has 1 aromatic carbocycles. The fraction of sp³-hybridized carbons (Fsp3) is 0.444. The molecule has 1 aliphatic rings. The van der Waals surface area contributed by atoms with Gasteiger partial charge in [-0.25, -0.2) is 0 Å². The summed E-state index contributed by atoms with van der Waals surface area (Å²) in [6.07, 6.45) is 5.01. The first-order valence-electron chi connectivity index (χ1n) is 8.26. The van der Waals surface area contributed by atoms with E-state index in [2.05, 4.69) is 39.5 Å². The van der Waals surface area contributed by atoms with Crippen molar-refractivity contribution in [1.29, 1.82) is 0 Å². The van der Waals surface area contributed by atoms with Gasteiger partial charge in [-0.3, -0.25) is 9.78 Å². The normalized spacial score (nSPS) is 16.5. The van der Waals surface area contributed by atoms with Gasteiger partial charge in [0, 0.05) is 42.8 Å². The lowest BCUT2D eigenvalue weighted by Gasteiger charge is -2.32. The van der Waals surface area contributed by atoms with E-state index in [-0.39, 0.29) is 6.42 Å². The number of carboxylic acids is 1. The van der Waals surface area contributed by atoms with Crippen LogP contribution < -0.4 is 5.32 Å². The van der Waals surface area contributed by atoms with Crippen LogP contribution in [0, 0.1) is 0 Å². The molecule has 0 aliphatic carbocycles. The third kappa shape index (κ3) is 4.42. The van der Waals surface area contributed by atoms with Crippen molar-refractivity contribution >= 4 is 22.6 Å². The number of likely N-dealkylation sites (tertiary alicyclic amines) is 1. The van der Waals surface area contributed by atoms with Crippen molar-refractivity contribution in [3.8, 4) is 0 Å². The van der Waals surface area contributed by atoms with Crippen molar-refractivity contribution in [2.45, 2.75) is 31.7 Å². The molecule has 2 heterocycles. The van der Waals surface area contributed by atoms with Crippen LogP contribution >= 0.6 is 0 Å². The second kappa shape index (κ2) is 7.42. The summed E-state index contributed by atoms with van der Waals surface area (Å²) in [5, 5.41) is 13.5. The maximum atomic E-state index is 10.6. The smallest absolute Gasteiger partial charge is 0.303 e. The van der Waals surface area contributed by atoms with Crippen LogP contribution in [0.3, 0.4) is 0 Å². The molecule has 1 fully saturated rings. The van der Waals surface area contributed by atoms with E-state index in [1.165, 1.54) is 0 Å². The van der Waals surface area contributed by atoms with Gasteiger partial charge < -0.3 is 15.3 Å². The molecule has 2 N–H and O–H groups in total. The molecule has 0 spiro atoms. The highest BCUT2D eigenvalue weighted by Gasteiger charge is 2.18. The van der Waals surface area contributed by atoms with Gasteiger partial charge in [-0.2, -0.15) is 0 Å². The summed E-state index contributed by atoms with van der Waals surface area (Å²) in [7, 11) is 0. The van der Waals surface area contributed by atoms with E-state index in [9.17, 15) is 4.79 Å². The molecule has 0 amide bonds. The Morgan fingerprint density at radius 1 is 1.30 bits per heavy atom. The predicted octanol–water partition coefficient (Wildman–Crippen LogP) is 2.98. The van der Waals surface area contributed by atoms with Crippen LogP contribution in [0.5, 0.6) is 0 Å². The number of carboxylic acid groups (broad SMARTS) is 1. The largest absolute Gasteiger partial charge is 0.481 e. The van der Waals surface area contributed by atoms with E-state index in [0.29, 0.717) is 6.04 Å². The van der Waals surface area contributed by atoms with Crippen LogP contribution in [0.2, 0.25) is 0 Å². The van der Waals surface area contributed by atoms with Gasteiger partial charge >= 0.3 is 5.97 Å². The Labute approximate surface area is 136 Å². The zero-order chi connectivity index (χ0) is 16.1. The number of aliphatic carboxylic acids is 1. The average Bonchev–Trinajstić information content (AvgIpc) is 2.56. The monoisotopic (exact) mass is 313 g/mol. The quantitative estimate of drug-likeness (QED) is 0.858. The zero-order valence-corrected chi connectivity index (χ0v) is 13.2. The predicted molar refractivity (Wildman–Crippen MR) is 91.7 cm³/mol. The molecule has 5 nitrogen and oxygen atoms in total. The fourth-order valence-corrected chi connectivity index (χ4v) is 3.16. The van der Waals surface area contributed by atoms with Gasteiger partial charge in [-0.05, 0) is 50.1 Å². The number of carbonyl (C=O) groups is 1. The Hall–Kier alpha value is -2.14. The molecule has 0 bridgehead atoms. The van der Waals surface area contributed by atoms with Gasteiger partial charge in [-0.15, -0.1) is 0 Å². The molecular formula is C18H23N3O2. The number of nitrogens with one attached hydrogen (secondary N) is 1. The number of nitrogens with zero attached hydrogens (tertiary/aromatic N) is 2. The second-order valence-electron chi connectivity index (χ2n) is 6.17. The third-order valence-electron chi connectivity index (χ3n) is 4.43. The van der Waals surface area contributed by atoms with Crippen molar-refractivity contribution in [3.63, 3.8) is 0 Å². The number of hydrogen-bond acceptors (Lipinski definition) is 4. The van der Waals surface area contributed by atoms with Crippen LogP contribution in [0.4, 0.5) is 5.69 Å². The number of hydrogen-bond donors (Lipinski definition) is 2. The first-order valence-corrected chi connectivity index (χ1v) is 8.26. The lowest BCUT2D eigenvalue weighted by atomic mass is 10.0. The van der Waals surface area contributed by atoms with Gasteiger partial charge in [0.25, 0.3) is 0 Å². The summed E-state index contributed by atoms with van der Waals surface area (Å²) in [5.74, 6) is -0.702. The van der Waals surface area contributed by atoms with Crippen LogP contribution in [-0.2, 0) is 4.79 Å². The van der Waals surface area contributed by atoms with Crippen LogP contribution in [-0.4, -0.2) is 46.6 Å². The van der Waals surface area contributed by atoms with E-state index in [1.54, 1.807) is 0 Å². The van der Waals surface area contributed by atoms with Crippen LogP contribution in [0.25, 0.3) is 10.9 Å². The number of rotatable bonds is 6. The van der Waals surface area contributed by atoms with E-state index in [1.807, 2.05) is 12.3 Å². The Kier molecular flexibility index (Phi) is 5.08. The molecule has 5 heteroatoms. The van der Waals surface area contributed by atoms with E-state index >= 15 is 0 Å². The minimum atomic E-state index is -0.702. The molecule has 2 aromatic rings. The molecular weight excluding hydrogens is 290 g/mol. The van der Waals surface area contributed by atoms with Gasteiger partial charge in [-0.1, -0.05) is 6.07 Å². The fourth-order valence-electron chi connectivity index (χ4n) is 3.16. The highest BCUT2D eigenvalue weighted by Crippen LogP contribution is 2.21. The zero-order valence-electron chi connectivity index (χ0n) is 13.2. The number of pyridine rings is 1. The van der Waals surface area contributed by atoms with Crippen molar-refractivity contribution in [1.82, 2.24) is 9.88 Å². The summed E-state index contributed by atoms with van der Waals surface area (Å²) in [6.45, 7) is 2.96. The highest BCUT2D eigenvalue weighted by molar-refractivity contribution is 5.82. The summed E-state index contributed by atoms with van der Waals surface area (Å²) < 4.78 is 0. The first-order chi connectivity index (χ1) is 11.2. The Bertz CT molecular complexity index is 666. The summed E-state index contributed by atoms with van der Waals surface area (Å²) in [5.41, 5.74) is 2.17.